The SMILES string of the molecule is Cc1nc(N2CC[C@H](CC(=O)Nc3ccc(-c4ccccc4)cc3Cl)C2)c2oc3ccccc3c2n1. The number of aryl methyl sites for hydroxylation is 1. The Balaban J connectivity index is 1.15. The van der Waals surface area contributed by atoms with Gasteiger partial charge in [-0.1, -0.05) is 60.1 Å². The Kier molecular flexibility index (Phi) is 5.82. The van der Waals surface area contributed by atoms with Gasteiger partial charge in [0.25, 0.3) is 0 Å². The van der Waals surface area contributed by atoms with Crippen LogP contribution in [0, 0.1) is 12.8 Å². The number of anilines is 2. The van der Waals surface area contributed by atoms with Crippen LogP contribution in [0.5, 0.6) is 0 Å². The quantitative estimate of drug-likeness (QED) is 0.288. The summed E-state index contributed by atoms with van der Waals surface area (Å²) < 4.78 is 6.14. The van der Waals surface area contributed by atoms with Gasteiger partial charge < -0.3 is 14.6 Å². The van der Waals surface area contributed by atoms with Gasteiger partial charge in [0.05, 0.1) is 10.7 Å². The van der Waals surface area contributed by atoms with E-state index in [0.717, 1.165) is 52.9 Å². The van der Waals surface area contributed by atoms with Crippen molar-refractivity contribution in [3.8, 4) is 11.1 Å². The molecule has 1 amide bonds. The van der Waals surface area contributed by atoms with E-state index in [9.17, 15) is 4.79 Å². The lowest BCUT2D eigenvalue weighted by atomic mass is 10.0. The van der Waals surface area contributed by atoms with E-state index in [1.54, 1.807) is 0 Å². The smallest absolute Gasteiger partial charge is 0.224 e. The molecule has 1 atom stereocenters. The average Bonchev–Trinajstić information content (AvgIpc) is 3.50. The molecule has 3 aromatic carbocycles. The van der Waals surface area contributed by atoms with Crippen molar-refractivity contribution in [2.75, 3.05) is 23.3 Å². The van der Waals surface area contributed by atoms with Crippen molar-refractivity contribution in [3.05, 3.63) is 83.6 Å². The maximum atomic E-state index is 12.9. The number of halogens is 1. The summed E-state index contributed by atoms with van der Waals surface area (Å²) in [6.45, 7) is 3.45. The molecule has 1 saturated heterocycles. The van der Waals surface area contributed by atoms with Gasteiger partial charge >= 0.3 is 0 Å². The predicted molar refractivity (Wildman–Crippen MR) is 145 cm³/mol. The molecule has 1 fully saturated rings. The fourth-order valence-electron chi connectivity index (χ4n) is 4.98. The average molecular weight is 497 g/mol. The first kappa shape index (κ1) is 22.6. The highest BCUT2D eigenvalue weighted by molar-refractivity contribution is 6.34. The van der Waals surface area contributed by atoms with Crippen molar-refractivity contribution in [1.29, 1.82) is 0 Å². The lowest BCUT2D eigenvalue weighted by molar-refractivity contribution is -0.116. The van der Waals surface area contributed by atoms with Crippen LogP contribution < -0.4 is 10.2 Å². The standard InChI is InChI=1S/C29H25ClN4O2/c1-18-31-27-22-9-5-6-10-25(22)36-28(27)29(32-18)34-14-13-19(17-34)15-26(35)33-24-12-11-21(16-23(24)30)20-7-3-2-4-8-20/h2-12,16,19H,13-15,17H2,1H3,(H,33,35)/t19-/m1/s1. The fraction of sp³-hybridized carbons (Fsp3) is 0.207. The highest BCUT2D eigenvalue weighted by atomic mass is 35.5. The van der Waals surface area contributed by atoms with Crippen LogP contribution in [0.1, 0.15) is 18.7 Å². The minimum atomic E-state index is -0.0380. The molecular weight excluding hydrogens is 472 g/mol. The van der Waals surface area contributed by atoms with Gasteiger partial charge in [-0.05, 0) is 54.7 Å². The normalized spacial score (nSPS) is 15.6. The Morgan fingerprint density at radius 3 is 2.69 bits per heavy atom. The predicted octanol–water partition coefficient (Wildman–Crippen LogP) is 6.86. The number of furan rings is 1. The number of hydrogen-bond donors (Lipinski definition) is 1. The van der Waals surface area contributed by atoms with Crippen LogP contribution in [0.25, 0.3) is 33.2 Å². The summed E-state index contributed by atoms with van der Waals surface area (Å²) in [5, 5.41) is 4.51. The summed E-state index contributed by atoms with van der Waals surface area (Å²) in [5.74, 6) is 1.68. The van der Waals surface area contributed by atoms with Crippen LogP contribution >= 0.6 is 11.6 Å². The maximum absolute atomic E-state index is 12.9. The first-order chi connectivity index (χ1) is 17.5. The molecule has 0 radical (unpaired) electrons. The second-order valence-corrected chi connectivity index (χ2v) is 9.69. The molecule has 1 aliphatic rings. The zero-order valence-corrected chi connectivity index (χ0v) is 20.6. The van der Waals surface area contributed by atoms with Crippen LogP contribution in [0.3, 0.4) is 0 Å². The molecule has 180 valence electrons. The van der Waals surface area contributed by atoms with Crippen molar-refractivity contribution in [1.82, 2.24) is 9.97 Å². The van der Waals surface area contributed by atoms with E-state index < -0.39 is 0 Å². The van der Waals surface area contributed by atoms with E-state index in [0.29, 0.717) is 28.5 Å². The highest BCUT2D eigenvalue weighted by Crippen LogP contribution is 2.35. The van der Waals surface area contributed by atoms with Crippen molar-refractivity contribution in [2.24, 2.45) is 5.92 Å². The monoisotopic (exact) mass is 496 g/mol. The van der Waals surface area contributed by atoms with E-state index in [4.69, 9.17) is 21.0 Å². The molecule has 6 nitrogen and oxygen atoms in total. The lowest BCUT2D eigenvalue weighted by Crippen LogP contribution is -2.23. The van der Waals surface area contributed by atoms with Crippen LogP contribution in [-0.2, 0) is 4.79 Å². The molecule has 1 N–H and O–H groups in total. The molecule has 5 aromatic rings. The van der Waals surface area contributed by atoms with Gasteiger partial charge in [0.2, 0.25) is 5.91 Å². The molecule has 0 spiro atoms. The van der Waals surface area contributed by atoms with Crippen LogP contribution in [0.4, 0.5) is 11.5 Å². The number of benzene rings is 3. The second kappa shape index (κ2) is 9.28. The third-order valence-corrected chi connectivity index (χ3v) is 7.04. The Bertz CT molecular complexity index is 1580. The van der Waals surface area contributed by atoms with Crippen LogP contribution in [-0.4, -0.2) is 29.0 Å². The number of para-hydroxylation sites is 1. The second-order valence-electron chi connectivity index (χ2n) is 9.28. The third kappa shape index (κ3) is 4.29. The molecule has 0 unspecified atom stereocenters. The zero-order chi connectivity index (χ0) is 24.6. The minimum Gasteiger partial charge on any atom is -0.450 e. The number of nitrogens with zero attached hydrogens (tertiary/aromatic N) is 3. The van der Waals surface area contributed by atoms with Gasteiger partial charge in [0.15, 0.2) is 11.4 Å². The summed E-state index contributed by atoms with van der Waals surface area (Å²) in [4.78, 5) is 24.4. The topological polar surface area (TPSA) is 71.3 Å². The minimum absolute atomic E-state index is 0.0380. The Morgan fingerprint density at radius 2 is 1.86 bits per heavy atom. The number of nitrogens with one attached hydrogen (secondary N) is 1. The molecule has 0 aliphatic carbocycles. The van der Waals surface area contributed by atoms with Crippen molar-refractivity contribution in [2.45, 2.75) is 19.8 Å². The van der Waals surface area contributed by atoms with E-state index in [-0.39, 0.29) is 11.8 Å². The van der Waals surface area contributed by atoms with E-state index in [2.05, 4.69) is 15.2 Å². The third-order valence-electron chi connectivity index (χ3n) is 6.72. The van der Waals surface area contributed by atoms with Gasteiger partial charge in [0.1, 0.15) is 16.9 Å². The molecule has 36 heavy (non-hydrogen) atoms. The first-order valence-corrected chi connectivity index (χ1v) is 12.5. The first-order valence-electron chi connectivity index (χ1n) is 12.1. The van der Waals surface area contributed by atoms with E-state index >= 15 is 0 Å². The summed E-state index contributed by atoms with van der Waals surface area (Å²) in [6.07, 6.45) is 1.32. The molecular formula is C29H25ClN4O2. The summed E-state index contributed by atoms with van der Waals surface area (Å²) in [5.41, 5.74) is 5.08. The van der Waals surface area contributed by atoms with Gasteiger partial charge in [-0.2, -0.15) is 0 Å². The van der Waals surface area contributed by atoms with Gasteiger partial charge in [-0.3, -0.25) is 4.79 Å². The molecule has 0 saturated carbocycles. The number of amides is 1. The highest BCUT2D eigenvalue weighted by Gasteiger charge is 2.29. The summed E-state index contributed by atoms with van der Waals surface area (Å²) in [6, 6.07) is 23.7. The summed E-state index contributed by atoms with van der Waals surface area (Å²) >= 11 is 6.50. The molecule has 3 heterocycles. The van der Waals surface area contributed by atoms with Crippen molar-refractivity contribution >= 4 is 51.1 Å². The molecule has 7 heteroatoms. The number of carbonyl (C=O) groups excluding carboxylic acids is 1. The van der Waals surface area contributed by atoms with Crippen molar-refractivity contribution in [3.63, 3.8) is 0 Å². The molecule has 0 bridgehead atoms. The Labute approximate surface area is 213 Å². The molecule has 6 rings (SSSR count). The molecule has 1 aliphatic heterocycles. The number of aromatic nitrogens is 2. The summed E-state index contributed by atoms with van der Waals surface area (Å²) in [7, 11) is 0. The van der Waals surface area contributed by atoms with Crippen LogP contribution in [0.2, 0.25) is 5.02 Å². The Morgan fingerprint density at radius 1 is 1.06 bits per heavy atom. The molecule has 2 aromatic heterocycles. The van der Waals surface area contributed by atoms with E-state index in [1.807, 2.05) is 79.7 Å². The zero-order valence-electron chi connectivity index (χ0n) is 19.9. The lowest BCUT2D eigenvalue weighted by Gasteiger charge is -2.18. The number of fused-ring (bicyclic) bond motifs is 3. The maximum Gasteiger partial charge on any atom is 0.224 e. The van der Waals surface area contributed by atoms with Gasteiger partial charge in [-0.15, -0.1) is 0 Å². The van der Waals surface area contributed by atoms with E-state index in [1.165, 1.54) is 0 Å². The largest absolute Gasteiger partial charge is 0.450 e. The van der Waals surface area contributed by atoms with Gasteiger partial charge in [-0.25, -0.2) is 9.97 Å². The number of rotatable bonds is 5. The Hall–Kier alpha value is -3.90. The fourth-order valence-corrected chi connectivity index (χ4v) is 5.21. The van der Waals surface area contributed by atoms with Gasteiger partial charge in [0, 0.05) is 24.9 Å². The van der Waals surface area contributed by atoms with Crippen LogP contribution in [0.15, 0.2) is 77.2 Å². The number of carbonyl (C=O) groups is 1. The number of hydrogen-bond acceptors (Lipinski definition) is 5. The van der Waals surface area contributed by atoms with Crippen molar-refractivity contribution < 1.29 is 9.21 Å².